The topological polar surface area (TPSA) is 125 Å². The first-order valence-electron chi connectivity index (χ1n) is 11.3. The number of phosphoric ester groups is 1. The van der Waals surface area contributed by atoms with E-state index in [0.29, 0.717) is 6.42 Å². The maximum atomic E-state index is 12.0. The van der Waals surface area contributed by atoms with Gasteiger partial charge >= 0.3 is 71.1 Å². The van der Waals surface area contributed by atoms with Gasteiger partial charge in [-0.1, -0.05) is 51.9 Å². The summed E-state index contributed by atoms with van der Waals surface area (Å²) in [5.41, 5.74) is 0. The van der Waals surface area contributed by atoms with Crippen molar-refractivity contribution in [1.29, 1.82) is 0 Å². The van der Waals surface area contributed by atoms with Crippen LogP contribution in [0.4, 0.5) is 0 Å². The number of carbonyl (C=O) groups excluding carboxylic acids is 2. The van der Waals surface area contributed by atoms with Gasteiger partial charge in [0.15, 0.2) is 6.10 Å². The summed E-state index contributed by atoms with van der Waals surface area (Å²) in [5.74, 6) is 23.4. The fourth-order valence-electron chi connectivity index (χ4n) is 2.48. The molecule has 0 saturated heterocycles. The third kappa shape index (κ3) is 30.6. The van der Waals surface area contributed by atoms with Crippen LogP contribution in [-0.4, -0.2) is 31.3 Å². The molecule has 0 unspecified atom stereocenters. The minimum atomic E-state index is -5.31. The van der Waals surface area contributed by atoms with Crippen LogP contribution in [0.15, 0.2) is 0 Å². The minimum absolute atomic E-state index is 0. The van der Waals surface area contributed by atoms with Gasteiger partial charge in [-0.05, 0) is 65.6 Å². The summed E-state index contributed by atoms with van der Waals surface area (Å²) < 4.78 is 24.8. The van der Waals surface area contributed by atoms with Crippen molar-refractivity contribution in [2.45, 2.75) is 70.8 Å². The number of hydrogen-bond acceptors (Lipinski definition) is 8. The Morgan fingerprint density at radius 3 is 1.82 bits per heavy atom. The van der Waals surface area contributed by atoms with Gasteiger partial charge in [0.05, 0.1) is 14.4 Å². The molecule has 1 atom stereocenters. The first-order valence-corrected chi connectivity index (χ1v) is 12.7. The molecule has 0 rings (SSSR count). The number of phosphoric acid groups is 1. The third-order valence-corrected chi connectivity index (χ3v) is 4.55. The van der Waals surface area contributed by atoms with E-state index in [1.54, 1.807) is 0 Å². The summed E-state index contributed by atoms with van der Waals surface area (Å²) in [6, 6.07) is 0. The van der Waals surface area contributed by atoms with E-state index in [1.165, 1.54) is 19.3 Å². The van der Waals surface area contributed by atoms with Gasteiger partial charge in [0.2, 0.25) is 0 Å². The molecule has 0 aromatic carbocycles. The predicted octanol–water partition coefficient (Wildman–Crippen LogP) is -4.52. The first-order chi connectivity index (χ1) is 17.3. The average Bonchev–Trinajstić information content (AvgIpc) is 2.83. The van der Waals surface area contributed by atoms with E-state index in [0.717, 1.165) is 25.7 Å². The van der Waals surface area contributed by atoms with Crippen LogP contribution in [0.5, 0.6) is 0 Å². The fraction of sp³-hybridized carbons (Fsp3) is 0.481. The molecule has 0 amide bonds. The summed E-state index contributed by atoms with van der Waals surface area (Å²) >= 11 is 0. The van der Waals surface area contributed by atoms with E-state index in [9.17, 15) is 23.9 Å². The Balaban J connectivity index is -0.00000612. The van der Waals surface area contributed by atoms with Gasteiger partial charge in [-0.2, -0.15) is 0 Å². The van der Waals surface area contributed by atoms with Crippen LogP contribution in [0.1, 0.15) is 64.7 Å². The third-order valence-electron chi connectivity index (χ3n) is 4.09. The van der Waals surface area contributed by atoms with Crippen LogP contribution in [0.2, 0.25) is 0 Å². The molecule has 190 valence electrons. The molecular weight excluding hydrogens is 529 g/mol. The standard InChI is InChI=1S/C27H29O8P.2Na/c1-3-5-7-9-11-13-14-16-17-19-21-26(28)33-23-25(24-34-36(30,31)32)35-27(29)22-20-18-15-12-10-8-6-4-2;;/h1,25H,4,6,8,10,12,15,18,20,22-24H2,2H3,(H2,30,31,32);;/q;2*+1/p-2/t25-;;/m0../s1. The smallest absolute Gasteiger partial charge is 0.790 e. The zero-order valence-electron chi connectivity index (χ0n) is 22.1. The van der Waals surface area contributed by atoms with Crippen LogP contribution in [-0.2, 0) is 28.2 Å². The van der Waals surface area contributed by atoms with Gasteiger partial charge < -0.3 is 28.3 Å². The molecule has 8 nitrogen and oxygen atoms in total. The number of carbonyl (C=O) groups is 2. The van der Waals surface area contributed by atoms with Crippen LogP contribution >= 0.6 is 7.82 Å². The van der Waals surface area contributed by atoms with E-state index in [2.05, 4.69) is 76.6 Å². The summed E-state index contributed by atoms with van der Waals surface area (Å²) in [5, 5.41) is 0. The summed E-state index contributed by atoms with van der Waals surface area (Å²) in [7, 11) is -5.31. The monoisotopic (exact) mass is 556 g/mol. The molecule has 0 aliphatic carbocycles. The normalized spacial score (nSPS) is 9.42. The van der Waals surface area contributed by atoms with Gasteiger partial charge in [0, 0.05) is 12.3 Å². The molecule has 38 heavy (non-hydrogen) atoms. The van der Waals surface area contributed by atoms with Crippen molar-refractivity contribution >= 4 is 19.8 Å². The number of esters is 2. The zero-order chi connectivity index (χ0) is 26.9. The molecular formula is C27H27Na2O8P. The van der Waals surface area contributed by atoms with E-state index in [-0.39, 0.29) is 65.5 Å². The Bertz CT molecular complexity index is 1110. The number of terminal acetylenes is 1. The van der Waals surface area contributed by atoms with Crippen molar-refractivity contribution in [2.75, 3.05) is 13.2 Å². The molecule has 0 aromatic rings. The summed E-state index contributed by atoms with van der Waals surface area (Å²) in [6.45, 7) is 0.812. The number of ether oxygens (including phenoxy) is 2. The van der Waals surface area contributed by atoms with E-state index < -0.39 is 39.1 Å². The second kappa shape index (κ2) is 28.4. The van der Waals surface area contributed by atoms with Crippen LogP contribution in [0.25, 0.3) is 0 Å². The minimum Gasteiger partial charge on any atom is -0.790 e. The number of rotatable bonds is 15. The predicted molar refractivity (Wildman–Crippen MR) is 129 cm³/mol. The number of unbranched alkanes of at least 4 members (excludes halogenated alkanes) is 7. The van der Waals surface area contributed by atoms with Crippen LogP contribution in [0.3, 0.4) is 0 Å². The van der Waals surface area contributed by atoms with Crippen molar-refractivity contribution < 1.29 is 97.1 Å². The van der Waals surface area contributed by atoms with E-state index in [4.69, 9.17) is 15.9 Å². The van der Waals surface area contributed by atoms with Crippen molar-refractivity contribution in [3.05, 3.63) is 0 Å². The van der Waals surface area contributed by atoms with E-state index >= 15 is 0 Å². The quantitative estimate of drug-likeness (QED) is 0.0494. The van der Waals surface area contributed by atoms with Crippen molar-refractivity contribution in [3.8, 4) is 71.5 Å². The average molecular weight is 556 g/mol. The Kier molecular flexibility index (Phi) is 30.6. The molecule has 0 bridgehead atoms. The Morgan fingerprint density at radius 2 is 1.29 bits per heavy atom. The van der Waals surface area contributed by atoms with E-state index in [1.807, 2.05) is 0 Å². The first kappa shape index (κ1) is 40.9. The number of hydrogen-bond donors (Lipinski definition) is 0. The van der Waals surface area contributed by atoms with Gasteiger partial charge in [0.25, 0.3) is 0 Å². The molecule has 0 spiro atoms. The zero-order valence-corrected chi connectivity index (χ0v) is 27.0. The van der Waals surface area contributed by atoms with Crippen molar-refractivity contribution in [1.82, 2.24) is 0 Å². The van der Waals surface area contributed by atoms with Gasteiger partial charge in [0.1, 0.15) is 6.61 Å². The summed E-state index contributed by atoms with van der Waals surface area (Å²) in [6.07, 6.45) is 12.0. The van der Waals surface area contributed by atoms with Crippen LogP contribution in [0, 0.1) is 71.5 Å². The Hall–Kier alpha value is -1.59. The molecule has 0 fully saturated rings. The second-order valence-electron chi connectivity index (χ2n) is 7.07. The van der Waals surface area contributed by atoms with Crippen molar-refractivity contribution in [3.63, 3.8) is 0 Å². The van der Waals surface area contributed by atoms with Gasteiger partial charge in [-0.15, -0.1) is 6.42 Å². The SMILES string of the molecule is C#CC#CC#CC#CC#CC#CC(=O)OC[C@@H](COP(=O)([O-])[O-])OC(=O)CCCCCCCCCC.[Na+].[Na+]. The Morgan fingerprint density at radius 1 is 0.789 bits per heavy atom. The molecule has 0 saturated carbocycles. The molecule has 0 heterocycles. The largest absolute Gasteiger partial charge is 1.00 e. The molecule has 0 aliphatic heterocycles. The second-order valence-corrected chi connectivity index (χ2v) is 8.23. The maximum absolute atomic E-state index is 12.0. The van der Waals surface area contributed by atoms with Crippen LogP contribution < -0.4 is 68.9 Å². The molecule has 0 radical (unpaired) electrons. The fourth-order valence-corrected chi connectivity index (χ4v) is 2.83. The van der Waals surface area contributed by atoms with Gasteiger partial charge in [-0.3, -0.25) is 4.79 Å². The summed E-state index contributed by atoms with van der Waals surface area (Å²) in [4.78, 5) is 45.2. The maximum Gasteiger partial charge on any atom is 1.00 e. The molecule has 0 N–H and O–H groups in total. The van der Waals surface area contributed by atoms with Crippen molar-refractivity contribution in [2.24, 2.45) is 0 Å². The molecule has 0 aliphatic rings. The Labute approximate surface area is 270 Å². The molecule has 11 heteroatoms. The van der Waals surface area contributed by atoms with Gasteiger partial charge in [-0.25, -0.2) is 4.79 Å². The molecule has 0 aromatic heterocycles.